The maximum Gasteiger partial charge on any atom is 0.141 e. The summed E-state index contributed by atoms with van der Waals surface area (Å²) in [7, 11) is 0. The maximum absolute atomic E-state index is 8.90. The van der Waals surface area contributed by atoms with Gasteiger partial charge in [-0.1, -0.05) is 0 Å². The van der Waals surface area contributed by atoms with E-state index in [1.165, 1.54) is 0 Å². The Bertz CT molecular complexity index is 392. The molecule has 0 aliphatic heterocycles. The summed E-state index contributed by atoms with van der Waals surface area (Å²) in [5.74, 6) is -0.0108. The van der Waals surface area contributed by atoms with Crippen LogP contribution in [0.2, 0.25) is 0 Å². The summed E-state index contributed by atoms with van der Waals surface area (Å²) in [6.45, 7) is 6.10. The third kappa shape index (κ3) is 4.43. The molecule has 1 heterocycles. The topological polar surface area (TPSA) is 86.2 Å². The minimum atomic E-state index is -0.0108. The number of pyridine rings is 1. The molecular weight excluding hydrogens is 228 g/mol. The van der Waals surface area contributed by atoms with Crippen LogP contribution < -0.4 is 5.73 Å². The fraction of sp³-hybridized carbons (Fsp3) is 0.538. The van der Waals surface area contributed by atoms with E-state index in [2.05, 4.69) is 23.7 Å². The predicted molar refractivity (Wildman–Crippen MR) is 72.5 cm³/mol. The van der Waals surface area contributed by atoms with Gasteiger partial charge in [0.25, 0.3) is 0 Å². The van der Waals surface area contributed by atoms with Crippen molar-refractivity contribution in [2.45, 2.75) is 32.9 Å². The number of aliphatic hydroxyl groups excluding tert-OH is 1. The minimum Gasteiger partial charge on any atom is -0.396 e. The average molecular weight is 250 g/mol. The highest BCUT2D eigenvalue weighted by Gasteiger charge is 2.10. The van der Waals surface area contributed by atoms with Gasteiger partial charge in [-0.15, -0.1) is 0 Å². The molecule has 0 aliphatic rings. The second-order valence-electron chi connectivity index (χ2n) is 4.60. The molecule has 0 saturated heterocycles. The molecule has 0 unspecified atom stereocenters. The van der Waals surface area contributed by atoms with Gasteiger partial charge in [0, 0.05) is 31.9 Å². The first-order valence-electron chi connectivity index (χ1n) is 6.18. The number of hydrogen-bond acceptors (Lipinski definition) is 4. The molecule has 0 radical (unpaired) electrons. The van der Waals surface area contributed by atoms with Crippen LogP contribution in [0.25, 0.3) is 0 Å². The zero-order valence-corrected chi connectivity index (χ0v) is 11.1. The smallest absolute Gasteiger partial charge is 0.141 e. The number of nitrogens with one attached hydrogen (secondary N) is 1. The molecule has 5 nitrogen and oxygen atoms in total. The molecule has 18 heavy (non-hydrogen) atoms. The quantitative estimate of drug-likeness (QED) is 0.497. The summed E-state index contributed by atoms with van der Waals surface area (Å²) in [5.41, 5.74) is 7.02. The maximum atomic E-state index is 8.90. The van der Waals surface area contributed by atoms with Crippen LogP contribution in [0.3, 0.4) is 0 Å². The van der Waals surface area contributed by atoms with Crippen LogP contribution in [0.15, 0.2) is 18.3 Å². The summed E-state index contributed by atoms with van der Waals surface area (Å²) in [6, 6.07) is 4.18. The van der Waals surface area contributed by atoms with Crippen molar-refractivity contribution in [3.8, 4) is 0 Å². The number of aromatic nitrogens is 1. The molecule has 1 aromatic heterocycles. The van der Waals surface area contributed by atoms with Crippen LogP contribution in [-0.2, 0) is 6.54 Å². The Hall–Kier alpha value is -1.46. The van der Waals surface area contributed by atoms with Crippen LogP contribution in [-0.4, -0.2) is 40.0 Å². The number of rotatable bonds is 7. The molecule has 0 bridgehead atoms. The van der Waals surface area contributed by atoms with Crippen LogP contribution in [0.5, 0.6) is 0 Å². The third-order valence-electron chi connectivity index (χ3n) is 2.82. The Morgan fingerprint density at radius 2 is 2.28 bits per heavy atom. The fourth-order valence-corrected chi connectivity index (χ4v) is 1.75. The lowest BCUT2D eigenvalue weighted by Crippen LogP contribution is -2.31. The highest BCUT2D eigenvalue weighted by molar-refractivity contribution is 5.93. The zero-order chi connectivity index (χ0) is 13.5. The van der Waals surface area contributed by atoms with Crippen molar-refractivity contribution >= 4 is 5.84 Å². The number of nitrogen functional groups attached to an aromatic ring is 1. The van der Waals surface area contributed by atoms with E-state index in [4.69, 9.17) is 16.2 Å². The SMILES string of the molecule is CC(C)N(CCCO)Cc1ccnc(C(=N)N)c1. The van der Waals surface area contributed by atoms with E-state index in [9.17, 15) is 0 Å². The lowest BCUT2D eigenvalue weighted by Gasteiger charge is -2.26. The molecule has 4 N–H and O–H groups in total. The standard InChI is InChI=1S/C13H22N4O/c1-10(2)17(6-3-7-18)9-11-4-5-16-12(8-11)13(14)15/h4-5,8,10,18H,3,6-7,9H2,1-2H3,(H3,14,15). The van der Waals surface area contributed by atoms with Crippen LogP contribution >= 0.6 is 0 Å². The van der Waals surface area contributed by atoms with E-state index in [0.29, 0.717) is 11.7 Å². The monoisotopic (exact) mass is 250 g/mol. The Morgan fingerprint density at radius 3 is 2.83 bits per heavy atom. The number of amidine groups is 1. The highest BCUT2D eigenvalue weighted by Crippen LogP contribution is 2.09. The van der Waals surface area contributed by atoms with Crippen LogP contribution in [0.4, 0.5) is 0 Å². The number of hydrogen-bond donors (Lipinski definition) is 3. The van der Waals surface area contributed by atoms with Gasteiger partial charge in [0.1, 0.15) is 11.5 Å². The minimum absolute atomic E-state index is 0.0108. The Labute approximate surface area is 108 Å². The van der Waals surface area contributed by atoms with E-state index in [1.54, 1.807) is 6.20 Å². The van der Waals surface area contributed by atoms with E-state index < -0.39 is 0 Å². The van der Waals surface area contributed by atoms with Gasteiger partial charge in [0.2, 0.25) is 0 Å². The molecule has 1 aromatic rings. The number of aliphatic hydroxyl groups is 1. The molecular formula is C13H22N4O. The molecule has 0 spiro atoms. The number of nitrogens with zero attached hydrogens (tertiary/aromatic N) is 2. The average Bonchev–Trinajstić information content (AvgIpc) is 2.34. The van der Waals surface area contributed by atoms with Crippen molar-refractivity contribution in [1.82, 2.24) is 9.88 Å². The molecule has 0 fully saturated rings. The van der Waals surface area contributed by atoms with E-state index in [1.807, 2.05) is 12.1 Å². The molecule has 1 rings (SSSR count). The van der Waals surface area contributed by atoms with Gasteiger partial charge in [-0.05, 0) is 38.0 Å². The Balaban J connectivity index is 2.73. The van der Waals surface area contributed by atoms with Gasteiger partial charge in [0.15, 0.2) is 0 Å². The van der Waals surface area contributed by atoms with E-state index in [0.717, 1.165) is 25.1 Å². The number of nitrogens with two attached hydrogens (primary N) is 1. The van der Waals surface area contributed by atoms with Gasteiger partial charge in [0.05, 0.1) is 0 Å². The molecule has 0 amide bonds. The van der Waals surface area contributed by atoms with Gasteiger partial charge in [-0.25, -0.2) is 0 Å². The van der Waals surface area contributed by atoms with Gasteiger partial charge in [-0.2, -0.15) is 0 Å². The summed E-state index contributed by atoms with van der Waals surface area (Å²) >= 11 is 0. The molecule has 0 atom stereocenters. The molecule has 100 valence electrons. The summed E-state index contributed by atoms with van der Waals surface area (Å²) in [5, 5.41) is 16.3. The fourth-order valence-electron chi connectivity index (χ4n) is 1.75. The lowest BCUT2D eigenvalue weighted by molar-refractivity contribution is 0.185. The highest BCUT2D eigenvalue weighted by atomic mass is 16.3. The van der Waals surface area contributed by atoms with E-state index >= 15 is 0 Å². The third-order valence-corrected chi connectivity index (χ3v) is 2.82. The zero-order valence-electron chi connectivity index (χ0n) is 11.1. The summed E-state index contributed by atoms with van der Waals surface area (Å²) in [6.07, 6.45) is 2.44. The first kappa shape index (κ1) is 14.6. The molecule has 0 aliphatic carbocycles. The van der Waals surface area contributed by atoms with Crippen molar-refractivity contribution in [1.29, 1.82) is 5.41 Å². The summed E-state index contributed by atoms with van der Waals surface area (Å²) in [4.78, 5) is 6.32. The van der Waals surface area contributed by atoms with Crippen molar-refractivity contribution in [2.24, 2.45) is 5.73 Å². The first-order chi connectivity index (χ1) is 8.54. The van der Waals surface area contributed by atoms with Gasteiger partial charge < -0.3 is 10.8 Å². The van der Waals surface area contributed by atoms with Crippen molar-refractivity contribution in [2.75, 3.05) is 13.2 Å². The lowest BCUT2D eigenvalue weighted by atomic mass is 10.1. The van der Waals surface area contributed by atoms with Crippen molar-refractivity contribution in [3.05, 3.63) is 29.6 Å². The van der Waals surface area contributed by atoms with Crippen molar-refractivity contribution < 1.29 is 5.11 Å². The van der Waals surface area contributed by atoms with Gasteiger partial charge in [-0.3, -0.25) is 15.3 Å². The molecule has 5 heteroatoms. The second-order valence-corrected chi connectivity index (χ2v) is 4.60. The summed E-state index contributed by atoms with van der Waals surface area (Å²) < 4.78 is 0. The molecule has 0 saturated carbocycles. The predicted octanol–water partition coefficient (Wildman–Crippen LogP) is 0.958. The largest absolute Gasteiger partial charge is 0.396 e. The second kappa shape index (κ2) is 7.08. The van der Waals surface area contributed by atoms with Crippen LogP contribution in [0, 0.1) is 5.41 Å². The molecule has 0 aromatic carbocycles. The van der Waals surface area contributed by atoms with E-state index in [-0.39, 0.29) is 12.4 Å². The Kier molecular flexibility index (Phi) is 5.74. The van der Waals surface area contributed by atoms with Crippen molar-refractivity contribution in [3.63, 3.8) is 0 Å². The normalized spacial score (nSPS) is 11.2. The van der Waals surface area contributed by atoms with Crippen LogP contribution in [0.1, 0.15) is 31.5 Å². The first-order valence-corrected chi connectivity index (χ1v) is 6.18. The van der Waals surface area contributed by atoms with Gasteiger partial charge >= 0.3 is 0 Å². The Morgan fingerprint density at radius 1 is 1.56 bits per heavy atom.